The van der Waals surface area contributed by atoms with Gasteiger partial charge in [-0.2, -0.15) is 0 Å². The second-order valence-electron chi connectivity index (χ2n) is 6.44. The molecule has 110 valence electrons. The highest BCUT2D eigenvalue weighted by atomic mass is 16.1. The Labute approximate surface area is 126 Å². The second-order valence-corrected chi connectivity index (χ2v) is 6.44. The van der Waals surface area contributed by atoms with Gasteiger partial charge < -0.3 is 5.32 Å². The quantitative estimate of drug-likeness (QED) is 0.931. The Bertz CT molecular complexity index is 583. The van der Waals surface area contributed by atoms with Gasteiger partial charge >= 0.3 is 0 Å². The largest absolute Gasteiger partial charge is 0.346 e. The number of amides is 1. The first-order chi connectivity index (χ1) is 9.94. The Hall–Kier alpha value is -2.16. The number of nitrogens with zero attached hydrogens (tertiary/aromatic N) is 1. The molecule has 0 aliphatic carbocycles. The van der Waals surface area contributed by atoms with Crippen molar-refractivity contribution in [3.8, 4) is 0 Å². The lowest BCUT2D eigenvalue weighted by Crippen LogP contribution is -2.23. The Balaban J connectivity index is 1.94. The number of carbonyl (C=O) groups excluding carboxylic acids is 1. The maximum absolute atomic E-state index is 12.1. The Morgan fingerprint density at radius 3 is 2.38 bits per heavy atom. The van der Waals surface area contributed by atoms with Gasteiger partial charge in [-0.15, -0.1) is 0 Å². The molecular weight excluding hydrogens is 260 g/mol. The van der Waals surface area contributed by atoms with E-state index >= 15 is 0 Å². The first kappa shape index (κ1) is 15.2. The minimum atomic E-state index is -0.0667. The molecule has 0 unspecified atom stereocenters. The van der Waals surface area contributed by atoms with Crippen LogP contribution in [0.15, 0.2) is 48.7 Å². The van der Waals surface area contributed by atoms with E-state index in [-0.39, 0.29) is 11.3 Å². The van der Waals surface area contributed by atoms with Crippen LogP contribution in [-0.2, 0) is 13.0 Å². The number of hydrogen-bond donors (Lipinski definition) is 1. The SMILES string of the molecule is CC(C)(C)Cc1ccc(C(=O)NCc2ccccn2)cc1. The van der Waals surface area contributed by atoms with Gasteiger partial charge in [0.15, 0.2) is 0 Å². The number of benzene rings is 1. The van der Waals surface area contributed by atoms with Crippen molar-refractivity contribution in [2.45, 2.75) is 33.7 Å². The smallest absolute Gasteiger partial charge is 0.251 e. The van der Waals surface area contributed by atoms with Crippen LogP contribution in [-0.4, -0.2) is 10.9 Å². The summed E-state index contributed by atoms with van der Waals surface area (Å²) in [6.45, 7) is 7.07. The molecule has 2 aromatic rings. The maximum atomic E-state index is 12.1. The molecule has 1 aromatic heterocycles. The van der Waals surface area contributed by atoms with Gasteiger partial charge in [-0.1, -0.05) is 39.0 Å². The molecule has 0 aliphatic rings. The highest BCUT2D eigenvalue weighted by molar-refractivity contribution is 5.94. The van der Waals surface area contributed by atoms with Crippen LogP contribution in [0.2, 0.25) is 0 Å². The highest BCUT2D eigenvalue weighted by Gasteiger charge is 2.12. The minimum absolute atomic E-state index is 0.0667. The Kier molecular flexibility index (Phi) is 4.73. The summed E-state index contributed by atoms with van der Waals surface area (Å²) in [5.74, 6) is -0.0667. The summed E-state index contributed by atoms with van der Waals surface area (Å²) < 4.78 is 0. The summed E-state index contributed by atoms with van der Waals surface area (Å²) in [7, 11) is 0. The van der Waals surface area contributed by atoms with Gasteiger partial charge in [-0.25, -0.2) is 0 Å². The number of nitrogens with one attached hydrogen (secondary N) is 1. The third-order valence-corrected chi connectivity index (χ3v) is 3.11. The third-order valence-electron chi connectivity index (χ3n) is 3.11. The van der Waals surface area contributed by atoms with Gasteiger partial charge in [-0.3, -0.25) is 9.78 Å². The summed E-state index contributed by atoms with van der Waals surface area (Å²) in [6.07, 6.45) is 2.73. The van der Waals surface area contributed by atoms with Gasteiger partial charge in [0.05, 0.1) is 12.2 Å². The van der Waals surface area contributed by atoms with Crippen LogP contribution in [0.3, 0.4) is 0 Å². The molecule has 0 saturated heterocycles. The summed E-state index contributed by atoms with van der Waals surface area (Å²) >= 11 is 0. The van der Waals surface area contributed by atoms with E-state index in [9.17, 15) is 4.79 Å². The lowest BCUT2D eigenvalue weighted by atomic mass is 9.88. The fourth-order valence-corrected chi connectivity index (χ4v) is 2.16. The zero-order valence-electron chi connectivity index (χ0n) is 12.9. The molecule has 0 fully saturated rings. The zero-order chi connectivity index (χ0) is 15.3. The van der Waals surface area contributed by atoms with E-state index in [1.807, 2.05) is 42.5 Å². The first-order valence-corrected chi connectivity index (χ1v) is 7.21. The minimum Gasteiger partial charge on any atom is -0.346 e. The molecule has 0 spiro atoms. The molecule has 21 heavy (non-hydrogen) atoms. The van der Waals surface area contributed by atoms with Crippen LogP contribution in [0.25, 0.3) is 0 Å². The fraction of sp³-hybridized carbons (Fsp3) is 0.333. The van der Waals surface area contributed by atoms with E-state index in [1.165, 1.54) is 5.56 Å². The zero-order valence-corrected chi connectivity index (χ0v) is 12.9. The summed E-state index contributed by atoms with van der Waals surface area (Å²) in [5, 5.41) is 2.88. The van der Waals surface area contributed by atoms with Crippen molar-refractivity contribution >= 4 is 5.91 Å². The van der Waals surface area contributed by atoms with Crippen molar-refractivity contribution < 1.29 is 4.79 Å². The van der Waals surface area contributed by atoms with E-state index in [0.29, 0.717) is 12.1 Å². The van der Waals surface area contributed by atoms with E-state index in [0.717, 1.165) is 12.1 Å². The fourth-order valence-electron chi connectivity index (χ4n) is 2.16. The molecule has 1 amide bonds. The normalized spacial score (nSPS) is 11.2. The first-order valence-electron chi connectivity index (χ1n) is 7.21. The summed E-state index contributed by atoms with van der Waals surface area (Å²) in [4.78, 5) is 16.3. The monoisotopic (exact) mass is 282 g/mol. The number of aromatic nitrogens is 1. The van der Waals surface area contributed by atoms with E-state index < -0.39 is 0 Å². The molecular formula is C18H22N2O. The third kappa shape index (κ3) is 5.03. The summed E-state index contributed by atoms with van der Waals surface area (Å²) in [5.41, 5.74) is 3.05. The van der Waals surface area contributed by atoms with Gasteiger partial charge in [0.1, 0.15) is 0 Å². The van der Waals surface area contributed by atoms with Crippen LogP contribution in [0.5, 0.6) is 0 Å². The lowest BCUT2D eigenvalue weighted by molar-refractivity contribution is 0.0950. The molecule has 1 N–H and O–H groups in total. The topological polar surface area (TPSA) is 42.0 Å². The molecule has 0 saturated carbocycles. The molecule has 1 aromatic carbocycles. The van der Waals surface area contributed by atoms with Gasteiger partial charge in [0.25, 0.3) is 5.91 Å². The Morgan fingerprint density at radius 2 is 1.81 bits per heavy atom. The average Bonchev–Trinajstić information content (AvgIpc) is 2.45. The molecule has 2 rings (SSSR count). The molecule has 0 radical (unpaired) electrons. The molecule has 0 atom stereocenters. The molecule has 3 nitrogen and oxygen atoms in total. The van der Waals surface area contributed by atoms with Crippen molar-refractivity contribution in [1.29, 1.82) is 0 Å². The maximum Gasteiger partial charge on any atom is 0.251 e. The summed E-state index contributed by atoms with van der Waals surface area (Å²) in [6, 6.07) is 13.5. The molecule has 1 heterocycles. The van der Waals surface area contributed by atoms with Crippen LogP contribution in [0.1, 0.15) is 42.4 Å². The van der Waals surface area contributed by atoms with Crippen molar-refractivity contribution in [2.24, 2.45) is 5.41 Å². The Morgan fingerprint density at radius 1 is 1.10 bits per heavy atom. The van der Waals surface area contributed by atoms with Crippen molar-refractivity contribution in [1.82, 2.24) is 10.3 Å². The molecule has 3 heteroatoms. The molecule has 0 bridgehead atoms. The van der Waals surface area contributed by atoms with Crippen LogP contribution in [0, 0.1) is 5.41 Å². The standard InChI is InChI=1S/C18H22N2O/c1-18(2,3)12-14-7-9-15(10-8-14)17(21)20-13-16-6-4-5-11-19-16/h4-11H,12-13H2,1-3H3,(H,20,21). The van der Waals surface area contributed by atoms with E-state index in [1.54, 1.807) is 6.20 Å². The van der Waals surface area contributed by atoms with Gasteiger partial charge in [0.2, 0.25) is 0 Å². The van der Waals surface area contributed by atoms with E-state index in [2.05, 4.69) is 31.1 Å². The predicted molar refractivity (Wildman–Crippen MR) is 85.0 cm³/mol. The predicted octanol–water partition coefficient (Wildman–Crippen LogP) is 3.60. The van der Waals surface area contributed by atoms with Crippen LogP contribution in [0.4, 0.5) is 0 Å². The number of rotatable bonds is 4. The van der Waals surface area contributed by atoms with Gasteiger partial charge in [0, 0.05) is 11.8 Å². The number of carbonyl (C=O) groups is 1. The number of hydrogen-bond acceptors (Lipinski definition) is 2. The van der Waals surface area contributed by atoms with Crippen LogP contribution < -0.4 is 5.32 Å². The van der Waals surface area contributed by atoms with Crippen LogP contribution >= 0.6 is 0 Å². The molecule has 0 aliphatic heterocycles. The van der Waals surface area contributed by atoms with Gasteiger partial charge in [-0.05, 0) is 41.7 Å². The lowest BCUT2D eigenvalue weighted by Gasteiger charge is -2.18. The van der Waals surface area contributed by atoms with Crippen molar-refractivity contribution in [3.05, 3.63) is 65.5 Å². The van der Waals surface area contributed by atoms with Crippen molar-refractivity contribution in [2.75, 3.05) is 0 Å². The average molecular weight is 282 g/mol. The highest BCUT2D eigenvalue weighted by Crippen LogP contribution is 2.20. The van der Waals surface area contributed by atoms with E-state index in [4.69, 9.17) is 0 Å². The van der Waals surface area contributed by atoms with Crippen molar-refractivity contribution in [3.63, 3.8) is 0 Å². The number of pyridine rings is 1. The second kappa shape index (κ2) is 6.53.